The van der Waals surface area contributed by atoms with Gasteiger partial charge in [-0.3, -0.25) is 9.08 Å². The van der Waals surface area contributed by atoms with Crippen LogP contribution < -0.4 is 18.9 Å². The molecule has 2 aromatic heterocycles. The number of rotatable bonds is 17. The number of hydrogen-bond donors (Lipinski definition) is 0. The molecule has 368 valence electrons. The van der Waals surface area contributed by atoms with E-state index in [4.69, 9.17) is 18.9 Å². The highest BCUT2D eigenvalue weighted by Gasteiger charge is 2.41. The van der Waals surface area contributed by atoms with Crippen LogP contribution in [0.15, 0.2) is 97.1 Å². The van der Waals surface area contributed by atoms with E-state index < -0.39 is 40.5 Å². The highest BCUT2D eigenvalue weighted by Crippen LogP contribution is 2.39. The zero-order valence-corrected chi connectivity index (χ0v) is 37.3. The molecule has 0 bridgehead atoms. The standard InChI is InChI=1S/C31H30F3N3O4.C16H19F3N2O3S.2CH4/c1-2-3-13-37-24(29(31(32,33)34)35-30(37)23-7-5-4-6-8-23)18-36(16-21-9-11-25-27(14-21)40-19-38-25)17-22-10-12-26-28(15-22)41-20-39-26;1-3-4-10-21-13(11-24-25(2,22)23)14(16(17,18)19)20-15(21)12-8-6-5-7-9-12;;/h4-12,14-15H,2-3,13,16-20H2,1H3;5-9H,3-4,10-11H2,1-2H3;2*1H4. The van der Waals surface area contributed by atoms with Gasteiger partial charge in [-0.15, -0.1) is 0 Å². The minimum Gasteiger partial charge on any atom is -0.454 e. The normalized spacial score (nSPS) is 12.9. The Morgan fingerprint density at radius 2 is 1.01 bits per heavy atom. The Morgan fingerprint density at radius 1 is 0.603 bits per heavy atom. The predicted molar refractivity (Wildman–Crippen MR) is 246 cm³/mol. The van der Waals surface area contributed by atoms with E-state index in [2.05, 4.69) is 14.2 Å². The molecule has 0 amide bonds. The molecule has 0 aliphatic carbocycles. The van der Waals surface area contributed by atoms with Gasteiger partial charge in [-0.2, -0.15) is 34.8 Å². The fraction of sp³-hybridized carbons (Fsp3) is 0.388. The second kappa shape index (κ2) is 22.8. The summed E-state index contributed by atoms with van der Waals surface area (Å²) in [5.41, 5.74) is 0.850. The van der Waals surface area contributed by atoms with Crippen molar-refractivity contribution in [2.24, 2.45) is 0 Å². The van der Waals surface area contributed by atoms with Crippen molar-refractivity contribution in [2.45, 2.75) is 106 Å². The number of alkyl halides is 6. The lowest BCUT2D eigenvalue weighted by Gasteiger charge is -2.25. The lowest BCUT2D eigenvalue weighted by molar-refractivity contribution is -0.142. The fourth-order valence-corrected chi connectivity index (χ4v) is 7.93. The number of nitrogens with zero attached hydrogens (tertiary/aromatic N) is 5. The van der Waals surface area contributed by atoms with E-state index in [1.165, 1.54) is 4.57 Å². The molecular weight excluding hydrogens is 917 g/mol. The molecule has 0 spiro atoms. The van der Waals surface area contributed by atoms with Crippen LogP contribution in [0, 0.1) is 0 Å². The molecule has 2 aliphatic heterocycles. The second-order valence-corrected chi connectivity index (χ2v) is 17.3. The van der Waals surface area contributed by atoms with Crippen LogP contribution in [0.1, 0.15) is 88.3 Å². The topological polar surface area (TPSA) is 119 Å². The third-order valence-corrected chi connectivity index (χ3v) is 11.2. The van der Waals surface area contributed by atoms with Crippen molar-refractivity contribution in [1.82, 2.24) is 24.0 Å². The van der Waals surface area contributed by atoms with Gasteiger partial charge in [0.1, 0.15) is 18.3 Å². The van der Waals surface area contributed by atoms with Crippen LogP contribution in [0.4, 0.5) is 26.3 Å². The number of benzene rings is 4. The monoisotopic (exact) mass is 973 g/mol. The molecule has 0 radical (unpaired) electrons. The summed E-state index contributed by atoms with van der Waals surface area (Å²) in [7, 11) is -3.89. The molecule has 8 rings (SSSR count). The summed E-state index contributed by atoms with van der Waals surface area (Å²) in [6.07, 6.45) is -5.57. The van der Waals surface area contributed by atoms with Crippen molar-refractivity contribution in [3.05, 3.63) is 131 Å². The third-order valence-electron chi connectivity index (χ3n) is 10.7. The van der Waals surface area contributed by atoms with E-state index in [1.807, 2.05) is 73.3 Å². The summed E-state index contributed by atoms with van der Waals surface area (Å²) in [5.74, 6) is 3.03. The molecule has 6 aromatic rings. The maximum absolute atomic E-state index is 14.5. The molecule has 4 aromatic carbocycles. The quantitative estimate of drug-likeness (QED) is 0.0645. The summed E-state index contributed by atoms with van der Waals surface area (Å²) in [6, 6.07) is 28.8. The van der Waals surface area contributed by atoms with Gasteiger partial charge in [0.05, 0.1) is 17.6 Å². The SMILES string of the molecule is C.C.CCCCn1c(-c2ccccc2)nc(C(F)(F)F)c1CN(Cc1ccc2c(c1)OCO2)Cc1ccc2c(c1)OCO2.CCCCn1c(-c2ccccc2)nc(C(F)(F)F)c1COS(C)(=O)=O. The largest absolute Gasteiger partial charge is 0.454 e. The van der Waals surface area contributed by atoms with Gasteiger partial charge >= 0.3 is 12.4 Å². The number of hydrogen-bond acceptors (Lipinski definition) is 10. The van der Waals surface area contributed by atoms with E-state index in [0.717, 1.165) is 36.6 Å². The van der Waals surface area contributed by atoms with Crippen molar-refractivity contribution in [2.75, 3.05) is 19.8 Å². The van der Waals surface area contributed by atoms with Crippen LogP contribution >= 0.6 is 0 Å². The van der Waals surface area contributed by atoms with E-state index in [9.17, 15) is 34.8 Å². The summed E-state index contributed by atoms with van der Waals surface area (Å²) in [6.45, 7) is 5.02. The number of imidazole rings is 2. The lowest BCUT2D eigenvalue weighted by atomic mass is 10.1. The van der Waals surface area contributed by atoms with E-state index in [-0.39, 0.29) is 58.7 Å². The zero-order chi connectivity index (χ0) is 47.1. The summed E-state index contributed by atoms with van der Waals surface area (Å²) < 4.78 is 136. The molecule has 68 heavy (non-hydrogen) atoms. The molecule has 0 N–H and O–H groups in total. The highest BCUT2D eigenvalue weighted by atomic mass is 32.2. The van der Waals surface area contributed by atoms with Crippen LogP contribution in [-0.4, -0.2) is 52.3 Å². The van der Waals surface area contributed by atoms with Gasteiger partial charge in [-0.05, 0) is 48.2 Å². The van der Waals surface area contributed by atoms with E-state index >= 15 is 0 Å². The Bertz CT molecular complexity index is 2630. The Balaban J connectivity index is 0.000000277. The van der Waals surface area contributed by atoms with Gasteiger partial charge in [0.2, 0.25) is 13.6 Å². The summed E-state index contributed by atoms with van der Waals surface area (Å²) in [4.78, 5) is 9.96. The van der Waals surface area contributed by atoms with Crippen molar-refractivity contribution in [1.29, 1.82) is 0 Å². The molecule has 0 saturated heterocycles. The van der Waals surface area contributed by atoms with Crippen LogP contribution in [0.25, 0.3) is 22.8 Å². The minimum atomic E-state index is -4.71. The lowest BCUT2D eigenvalue weighted by Crippen LogP contribution is -2.26. The molecule has 12 nitrogen and oxygen atoms in total. The number of unbranched alkanes of at least 4 members (excludes halogenated alkanes) is 2. The van der Waals surface area contributed by atoms with Crippen molar-refractivity contribution < 1.29 is 57.9 Å². The molecule has 19 heteroatoms. The molecular formula is C49H57F6N5O7S. The first-order valence-corrected chi connectivity index (χ1v) is 23.1. The third kappa shape index (κ3) is 13.1. The zero-order valence-electron chi connectivity index (χ0n) is 36.5. The first kappa shape index (κ1) is 52.9. The number of halogens is 6. The Morgan fingerprint density at radius 3 is 1.43 bits per heavy atom. The number of ether oxygens (including phenoxy) is 4. The fourth-order valence-electron chi connectivity index (χ4n) is 7.60. The second-order valence-electron chi connectivity index (χ2n) is 15.7. The number of aromatic nitrogens is 4. The van der Waals surface area contributed by atoms with Gasteiger partial charge in [0.25, 0.3) is 10.1 Å². The predicted octanol–water partition coefficient (Wildman–Crippen LogP) is 12.1. The van der Waals surface area contributed by atoms with Crippen molar-refractivity contribution in [3.8, 4) is 45.8 Å². The molecule has 4 heterocycles. The van der Waals surface area contributed by atoms with Gasteiger partial charge < -0.3 is 28.1 Å². The first-order chi connectivity index (χ1) is 31.5. The average molecular weight is 974 g/mol. The van der Waals surface area contributed by atoms with Crippen LogP contribution in [0.5, 0.6) is 23.0 Å². The van der Waals surface area contributed by atoms with Gasteiger partial charge in [0.15, 0.2) is 34.4 Å². The van der Waals surface area contributed by atoms with Crippen molar-refractivity contribution in [3.63, 3.8) is 0 Å². The van der Waals surface area contributed by atoms with Crippen LogP contribution in [-0.2, 0) is 66.0 Å². The molecule has 0 atom stereocenters. The summed E-state index contributed by atoms with van der Waals surface area (Å²) in [5, 5.41) is 0. The maximum Gasteiger partial charge on any atom is 0.435 e. The molecule has 0 unspecified atom stereocenters. The van der Waals surface area contributed by atoms with Crippen LogP contribution in [0.2, 0.25) is 0 Å². The number of fused-ring (bicyclic) bond motifs is 2. The van der Waals surface area contributed by atoms with Crippen molar-refractivity contribution >= 4 is 10.1 Å². The minimum absolute atomic E-state index is 0. The molecule has 0 saturated carbocycles. The maximum atomic E-state index is 14.5. The highest BCUT2D eigenvalue weighted by molar-refractivity contribution is 7.85. The first-order valence-electron chi connectivity index (χ1n) is 21.3. The Labute approximate surface area is 393 Å². The van der Waals surface area contributed by atoms with Crippen LogP contribution in [0.3, 0.4) is 0 Å². The van der Waals surface area contributed by atoms with E-state index in [0.29, 0.717) is 66.0 Å². The van der Waals surface area contributed by atoms with Gasteiger partial charge in [-0.1, -0.05) is 114 Å². The van der Waals surface area contributed by atoms with E-state index in [1.54, 1.807) is 47.0 Å². The Hall–Kier alpha value is -6.05. The van der Waals surface area contributed by atoms with Gasteiger partial charge in [-0.25, -0.2) is 9.97 Å². The molecule has 2 aliphatic rings. The molecule has 0 fully saturated rings. The smallest absolute Gasteiger partial charge is 0.435 e. The Kier molecular flexibility index (Phi) is 17.8. The average Bonchev–Trinajstić information content (AvgIpc) is 4.09. The summed E-state index contributed by atoms with van der Waals surface area (Å²) >= 11 is 0. The van der Waals surface area contributed by atoms with Gasteiger partial charge in [0, 0.05) is 43.9 Å².